The van der Waals surface area contributed by atoms with Crippen molar-refractivity contribution >= 4 is 22.9 Å². The van der Waals surface area contributed by atoms with Crippen molar-refractivity contribution in [1.29, 1.82) is 0 Å². The summed E-state index contributed by atoms with van der Waals surface area (Å²) in [5.41, 5.74) is 3.53. The molecule has 0 fully saturated rings. The van der Waals surface area contributed by atoms with Gasteiger partial charge in [0.2, 0.25) is 5.65 Å². The van der Waals surface area contributed by atoms with E-state index in [0.29, 0.717) is 23.1 Å². The lowest BCUT2D eigenvalue weighted by Crippen LogP contribution is -2.10. The molecule has 0 saturated heterocycles. The molecule has 3 rings (SSSR count). The average Bonchev–Trinajstić information content (AvgIpc) is 3.02. The minimum absolute atomic E-state index is 0.0941. The van der Waals surface area contributed by atoms with Gasteiger partial charge in [0, 0.05) is 17.1 Å². The lowest BCUT2D eigenvalue weighted by atomic mass is 10.1. The smallest absolute Gasteiger partial charge is 0.200 e. The average molecular weight is 360 g/mol. The van der Waals surface area contributed by atoms with Crippen LogP contribution in [0.25, 0.3) is 5.65 Å². The van der Waals surface area contributed by atoms with Gasteiger partial charge in [0.05, 0.1) is 17.5 Å². The Morgan fingerprint density at radius 3 is 2.72 bits per heavy atom. The molecular formula is C18H22ClN5O. The zero-order chi connectivity index (χ0) is 18.0. The summed E-state index contributed by atoms with van der Waals surface area (Å²) < 4.78 is 7.57. The summed E-state index contributed by atoms with van der Waals surface area (Å²) in [6, 6.07) is 7.67. The van der Waals surface area contributed by atoms with Crippen LogP contribution in [0.4, 0.5) is 5.69 Å². The van der Waals surface area contributed by atoms with E-state index >= 15 is 0 Å². The molecule has 0 aliphatic heterocycles. The molecule has 0 aliphatic carbocycles. The van der Waals surface area contributed by atoms with Crippen molar-refractivity contribution in [2.24, 2.45) is 0 Å². The SMILES string of the molecule is CC(C)Oc1ccc(Cl)cc1CNc1cc(C(C)C)nn2cnnc12. The third-order valence-corrected chi connectivity index (χ3v) is 3.97. The van der Waals surface area contributed by atoms with E-state index in [4.69, 9.17) is 16.3 Å². The fourth-order valence-electron chi connectivity index (χ4n) is 2.50. The first-order valence-corrected chi connectivity index (χ1v) is 8.71. The van der Waals surface area contributed by atoms with E-state index in [-0.39, 0.29) is 6.10 Å². The van der Waals surface area contributed by atoms with Crippen molar-refractivity contribution in [3.63, 3.8) is 0 Å². The van der Waals surface area contributed by atoms with Gasteiger partial charge in [-0.3, -0.25) is 0 Å². The van der Waals surface area contributed by atoms with Gasteiger partial charge >= 0.3 is 0 Å². The Kier molecular flexibility index (Phi) is 5.08. The van der Waals surface area contributed by atoms with Crippen LogP contribution in [-0.4, -0.2) is 25.9 Å². The minimum atomic E-state index is 0.0941. The third-order valence-electron chi connectivity index (χ3n) is 3.73. The molecule has 0 aliphatic rings. The molecule has 3 aromatic rings. The minimum Gasteiger partial charge on any atom is -0.491 e. The van der Waals surface area contributed by atoms with Crippen LogP contribution in [0.15, 0.2) is 30.6 Å². The monoisotopic (exact) mass is 359 g/mol. The normalized spacial score (nSPS) is 11.5. The first-order chi connectivity index (χ1) is 11.9. The zero-order valence-corrected chi connectivity index (χ0v) is 15.6. The van der Waals surface area contributed by atoms with Crippen LogP contribution in [0.1, 0.15) is 44.9 Å². The summed E-state index contributed by atoms with van der Waals surface area (Å²) in [6.07, 6.45) is 1.70. The highest BCUT2D eigenvalue weighted by molar-refractivity contribution is 6.30. The predicted octanol–water partition coefficient (Wildman–Crippen LogP) is 4.30. The topological polar surface area (TPSA) is 64.3 Å². The van der Waals surface area contributed by atoms with Gasteiger partial charge in [-0.1, -0.05) is 25.4 Å². The molecule has 132 valence electrons. The largest absolute Gasteiger partial charge is 0.491 e. The number of aromatic nitrogens is 4. The van der Waals surface area contributed by atoms with E-state index < -0.39 is 0 Å². The summed E-state index contributed by atoms with van der Waals surface area (Å²) in [5.74, 6) is 1.13. The summed E-state index contributed by atoms with van der Waals surface area (Å²) in [6.45, 7) is 8.78. The summed E-state index contributed by atoms with van der Waals surface area (Å²) in [4.78, 5) is 0. The Hall–Kier alpha value is -2.34. The first kappa shape index (κ1) is 17.5. The highest BCUT2D eigenvalue weighted by Crippen LogP contribution is 2.26. The maximum atomic E-state index is 6.16. The number of hydrogen-bond donors (Lipinski definition) is 1. The van der Waals surface area contributed by atoms with Gasteiger partial charge < -0.3 is 10.1 Å². The highest BCUT2D eigenvalue weighted by atomic mass is 35.5. The molecule has 0 amide bonds. The van der Waals surface area contributed by atoms with Crippen molar-refractivity contribution in [2.45, 2.75) is 46.3 Å². The van der Waals surface area contributed by atoms with Gasteiger partial charge in [-0.15, -0.1) is 10.2 Å². The van der Waals surface area contributed by atoms with Crippen LogP contribution in [-0.2, 0) is 6.54 Å². The third kappa shape index (κ3) is 4.02. The van der Waals surface area contributed by atoms with E-state index in [1.807, 2.05) is 38.1 Å². The highest BCUT2D eigenvalue weighted by Gasteiger charge is 2.12. The molecule has 0 spiro atoms. The number of anilines is 1. The molecule has 6 nitrogen and oxygen atoms in total. The van der Waals surface area contributed by atoms with Gasteiger partial charge in [-0.2, -0.15) is 9.61 Å². The van der Waals surface area contributed by atoms with E-state index in [0.717, 1.165) is 22.7 Å². The van der Waals surface area contributed by atoms with Crippen LogP contribution in [0.3, 0.4) is 0 Å². The van der Waals surface area contributed by atoms with Gasteiger partial charge in [-0.05, 0) is 44.0 Å². The van der Waals surface area contributed by atoms with Crippen molar-refractivity contribution < 1.29 is 4.74 Å². The Labute approximate surface area is 152 Å². The number of ether oxygens (including phenoxy) is 1. The fraction of sp³-hybridized carbons (Fsp3) is 0.389. The molecule has 0 radical (unpaired) electrons. The molecule has 0 saturated carbocycles. The van der Waals surface area contributed by atoms with Crippen molar-refractivity contribution in [3.8, 4) is 5.75 Å². The Morgan fingerprint density at radius 1 is 1.20 bits per heavy atom. The fourth-order valence-corrected chi connectivity index (χ4v) is 2.70. The standard InChI is InChI=1S/C18H22ClN5O/c1-11(2)15-8-16(18-22-21-10-24(18)23-15)20-9-13-7-14(19)5-6-17(13)25-12(3)4/h5-8,10-12,20H,9H2,1-4H3. The molecule has 7 heteroatoms. The van der Waals surface area contributed by atoms with Gasteiger partial charge in [0.1, 0.15) is 12.1 Å². The number of hydrogen-bond acceptors (Lipinski definition) is 5. The molecule has 1 N–H and O–H groups in total. The Morgan fingerprint density at radius 2 is 2.00 bits per heavy atom. The molecular weight excluding hydrogens is 338 g/mol. The van der Waals surface area contributed by atoms with Crippen LogP contribution < -0.4 is 10.1 Å². The second-order valence-corrected chi connectivity index (χ2v) is 6.95. The van der Waals surface area contributed by atoms with Crippen LogP contribution in [0, 0.1) is 0 Å². The van der Waals surface area contributed by atoms with Gasteiger partial charge in [0.15, 0.2) is 0 Å². The molecule has 1 aromatic carbocycles. The van der Waals surface area contributed by atoms with Gasteiger partial charge in [0.25, 0.3) is 0 Å². The van der Waals surface area contributed by atoms with Crippen molar-refractivity contribution in [3.05, 3.63) is 46.9 Å². The number of nitrogens with one attached hydrogen (secondary N) is 1. The van der Waals surface area contributed by atoms with E-state index in [1.54, 1.807) is 10.8 Å². The second-order valence-electron chi connectivity index (χ2n) is 6.51. The number of benzene rings is 1. The number of nitrogens with zero attached hydrogens (tertiary/aromatic N) is 4. The van der Waals surface area contributed by atoms with Crippen LogP contribution in [0.2, 0.25) is 5.02 Å². The number of fused-ring (bicyclic) bond motifs is 1. The molecule has 2 aromatic heterocycles. The van der Waals surface area contributed by atoms with Crippen LogP contribution in [0.5, 0.6) is 5.75 Å². The van der Waals surface area contributed by atoms with Crippen LogP contribution >= 0.6 is 11.6 Å². The van der Waals surface area contributed by atoms with E-state index in [2.05, 4.69) is 34.5 Å². The maximum absolute atomic E-state index is 6.16. The first-order valence-electron chi connectivity index (χ1n) is 8.34. The lowest BCUT2D eigenvalue weighted by Gasteiger charge is -2.16. The van der Waals surface area contributed by atoms with E-state index in [9.17, 15) is 0 Å². The summed E-state index contributed by atoms with van der Waals surface area (Å²) in [7, 11) is 0. The predicted molar refractivity (Wildman–Crippen MR) is 99.4 cm³/mol. The summed E-state index contributed by atoms with van der Waals surface area (Å²) in [5, 5.41) is 16.7. The molecule has 2 heterocycles. The van der Waals surface area contributed by atoms with E-state index in [1.165, 1.54) is 0 Å². The molecule has 0 bridgehead atoms. The Balaban J connectivity index is 1.90. The molecule has 0 unspecified atom stereocenters. The molecule has 25 heavy (non-hydrogen) atoms. The maximum Gasteiger partial charge on any atom is 0.200 e. The molecule has 0 atom stereocenters. The number of halogens is 1. The zero-order valence-electron chi connectivity index (χ0n) is 14.8. The Bertz CT molecular complexity index is 875. The number of rotatable bonds is 6. The summed E-state index contributed by atoms with van der Waals surface area (Å²) >= 11 is 6.16. The van der Waals surface area contributed by atoms with Crippen molar-refractivity contribution in [1.82, 2.24) is 19.8 Å². The lowest BCUT2D eigenvalue weighted by molar-refractivity contribution is 0.240. The van der Waals surface area contributed by atoms with Gasteiger partial charge in [-0.25, -0.2) is 0 Å². The quantitative estimate of drug-likeness (QED) is 0.710. The second kappa shape index (κ2) is 7.27. The van der Waals surface area contributed by atoms with Crippen molar-refractivity contribution in [2.75, 3.05) is 5.32 Å².